The van der Waals surface area contributed by atoms with E-state index in [4.69, 9.17) is 15.2 Å². The molecule has 18 heavy (non-hydrogen) atoms. The first-order valence-corrected chi connectivity index (χ1v) is 6.81. The van der Waals surface area contributed by atoms with Crippen molar-refractivity contribution in [3.8, 4) is 11.5 Å². The summed E-state index contributed by atoms with van der Waals surface area (Å²) in [6.07, 6.45) is 2.83. The molecule has 1 rings (SSSR count). The zero-order valence-corrected chi connectivity index (χ0v) is 11.7. The minimum absolute atomic E-state index is 0.136. The number of rotatable bonds is 8. The van der Waals surface area contributed by atoms with Gasteiger partial charge in [-0.3, -0.25) is 0 Å². The van der Waals surface area contributed by atoms with Gasteiger partial charge in [-0.05, 0) is 37.8 Å². The molecule has 0 aliphatic carbocycles. The average Bonchev–Trinajstić information content (AvgIpc) is 2.35. The first kappa shape index (κ1) is 14.8. The molecule has 0 fully saturated rings. The number of hydrogen-bond donors (Lipinski definition) is 1. The molecule has 1 unspecified atom stereocenters. The van der Waals surface area contributed by atoms with Gasteiger partial charge < -0.3 is 15.2 Å². The fourth-order valence-electron chi connectivity index (χ4n) is 1.71. The van der Waals surface area contributed by atoms with E-state index in [1.54, 1.807) is 0 Å². The summed E-state index contributed by atoms with van der Waals surface area (Å²) < 4.78 is 11.4. The highest BCUT2D eigenvalue weighted by Crippen LogP contribution is 2.26. The summed E-state index contributed by atoms with van der Waals surface area (Å²) >= 11 is 0. The summed E-state index contributed by atoms with van der Waals surface area (Å²) in [6.45, 7) is 7.66. The molecule has 0 radical (unpaired) electrons. The molecule has 0 amide bonds. The van der Waals surface area contributed by atoms with Crippen LogP contribution in [0.2, 0.25) is 0 Å². The van der Waals surface area contributed by atoms with Crippen LogP contribution in [0.15, 0.2) is 18.2 Å². The van der Waals surface area contributed by atoms with Crippen LogP contribution in [-0.2, 0) is 6.42 Å². The maximum atomic E-state index is 5.85. The van der Waals surface area contributed by atoms with E-state index >= 15 is 0 Å². The molecule has 3 heteroatoms. The predicted molar refractivity (Wildman–Crippen MR) is 75.4 cm³/mol. The van der Waals surface area contributed by atoms with Crippen LogP contribution in [0.5, 0.6) is 11.5 Å². The van der Waals surface area contributed by atoms with E-state index in [0.717, 1.165) is 49.5 Å². The molecule has 0 aliphatic rings. The fraction of sp³-hybridized carbons (Fsp3) is 0.600. The Balaban J connectivity index is 2.81. The Morgan fingerprint density at radius 1 is 1.11 bits per heavy atom. The van der Waals surface area contributed by atoms with Gasteiger partial charge >= 0.3 is 0 Å². The Kier molecular flexibility index (Phi) is 6.58. The zero-order valence-electron chi connectivity index (χ0n) is 11.7. The van der Waals surface area contributed by atoms with Crippen LogP contribution in [0.25, 0.3) is 0 Å². The number of benzene rings is 1. The van der Waals surface area contributed by atoms with Crippen LogP contribution in [0, 0.1) is 0 Å². The summed E-state index contributed by atoms with van der Waals surface area (Å²) in [5.41, 5.74) is 7.01. The molecule has 0 aliphatic heterocycles. The fourth-order valence-corrected chi connectivity index (χ4v) is 1.71. The van der Waals surface area contributed by atoms with Crippen molar-refractivity contribution in [2.45, 2.75) is 46.1 Å². The van der Waals surface area contributed by atoms with E-state index in [1.165, 1.54) is 0 Å². The normalized spacial score (nSPS) is 12.2. The molecular weight excluding hydrogens is 226 g/mol. The van der Waals surface area contributed by atoms with Gasteiger partial charge in [0.1, 0.15) is 11.5 Å². The number of hydrogen-bond acceptors (Lipinski definition) is 3. The zero-order chi connectivity index (χ0) is 13.4. The second-order valence-electron chi connectivity index (χ2n) is 4.65. The molecule has 2 N–H and O–H groups in total. The number of nitrogens with two attached hydrogens (primary N) is 1. The van der Waals surface area contributed by atoms with Crippen LogP contribution in [0.4, 0.5) is 0 Å². The van der Waals surface area contributed by atoms with Gasteiger partial charge in [0.15, 0.2) is 0 Å². The molecule has 1 atom stereocenters. The lowest BCUT2D eigenvalue weighted by Crippen LogP contribution is -2.18. The highest BCUT2D eigenvalue weighted by molar-refractivity contribution is 5.41. The molecule has 1 aromatic rings. The second kappa shape index (κ2) is 7.98. The third-order valence-corrected chi connectivity index (χ3v) is 2.52. The molecule has 0 bridgehead atoms. The average molecular weight is 251 g/mol. The van der Waals surface area contributed by atoms with Crippen molar-refractivity contribution in [1.29, 1.82) is 0 Å². The quantitative estimate of drug-likeness (QED) is 0.772. The summed E-state index contributed by atoms with van der Waals surface area (Å²) in [5.74, 6) is 1.78. The molecule has 0 spiro atoms. The topological polar surface area (TPSA) is 44.5 Å². The lowest BCUT2D eigenvalue weighted by molar-refractivity contribution is 0.299. The Morgan fingerprint density at radius 2 is 1.78 bits per heavy atom. The van der Waals surface area contributed by atoms with Crippen LogP contribution in [0.3, 0.4) is 0 Å². The van der Waals surface area contributed by atoms with Crippen molar-refractivity contribution >= 4 is 0 Å². The Hall–Kier alpha value is -1.22. The van der Waals surface area contributed by atoms with Crippen molar-refractivity contribution in [2.75, 3.05) is 13.2 Å². The highest BCUT2D eigenvalue weighted by atomic mass is 16.5. The van der Waals surface area contributed by atoms with Crippen LogP contribution >= 0.6 is 0 Å². The van der Waals surface area contributed by atoms with E-state index in [1.807, 2.05) is 19.1 Å². The molecule has 0 saturated heterocycles. The van der Waals surface area contributed by atoms with Gasteiger partial charge in [0.25, 0.3) is 0 Å². The molecule has 102 valence electrons. The van der Waals surface area contributed by atoms with Crippen molar-refractivity contribution in [3.63, 3.8) is 0 Å². The van der Waals surface area contributed by atoms with Crippen molar-refractivity contribution in [2.24, 2.45) is 5.73 Å². The van der Waals surface area contributed by atoms with Gasteiger partial charge in [0, 0.05) is 12.1 Å². The van der Waals surface area contributed by atoms with Gasteiger partial charge in [0.05, 0.1) is 13.2 Å². The summed E-state index contributed by atoms with van der Waals surface area (Å²) in [7, 11) is 0. The Bertz CT molecular complexity index is 350. The van der Waals surface area contributed by atoms with Crippen LogP contribution in [0.1, 0.15) is 39.2 Å². The van der Waals surface area contributed by atoms with Crippen molar-refractivity contribution in [1.82, 2.24) is 0 Å². The van der Waals surface area contributed by atoms with Crippen molar-refractivity contribution < 1.29 is 9.47 Å². The summed E-state index contributed by atoms with van der Waals surface area (Å²) in [5, 5.41) is 0. The second-order valence-corrected chi connectivity index (χ2v) is 4.65. The SMILES string of the molecule is CCCOc1ccc(CC(C)N)c(OCCC)c1. The molecule has 1 aromatic carbocycles. The van der Waals surface area contributed by atoms with E-state index in [9.17, 15) is 0 Å². The minimum Gasteiger partial charge on any atom is -0.493 e. The van der Waals surface area contributed by atoms with E-state index < -0.39 is 0 Å². The lowest BCUT2D eigenvalue weighted by atomic mass is 10.1. The van der Waals surface area contributed by atoms with Gasteiger partial charge in [-0.15, -0.1) is 0 Å². The molecule has 3 nitrogen and oxygen atoms in total. The molecule has 0 heterocycles. The third kappa shape index (κ3) is 4.96. The maximum absolute atomic E-state index is 5.85. The van der Waals surface area contributed by atoms with Crippen molar-refractivity contribution in [3.05, 3.63) is 23.8 Å². The van der Waals surface area contributed by atoms with E-state index in [0.29, 0.717) is 0 Å². The van der Waals surface area contributed by atoms with E-state index in [2.05, 4.69) is 19.9 Å². The Morgan fingerprint density at radius 3 is 2.39 bits per heavy atom. The molecular formula is C15H25NO2. The first-order valence-electron chi connectivity index (χ1n) is 6.81. The van der Waals surface area contributed by atoms with Crippen LogP contribution < -0.4 is 15.2 Å². The lowest BCUT2D eigenvalue weighted by Gasteiger charge is -2.14. The van der Waals surface area contributed by atoms with Gasteiger partial charge in [-0.25, -0.2) is 0 Å². The minimum atomic E-state index is 0.136. The maximum Gasteiger partial charge on any atom is 0.126 e. The predicted octanol–water partition coefficient (Wildman–Crippen LogP) is 3.15. The molecule has 0 saturated carbocycles. The highest BCUT2D eigenvalue weighted by Gasteiger charge is 2.08. The summed E-state index contributed by atoms with van der Waals surface area (Å²) in [4.78, 5) is 0. The van der Waals surface area contributed by atoms with Gasteiger partial charge in [-0.2, -0.15) is 0 Å². The van der Waals surface area contributed by atoms with E-state index in [-0.39, 0.29) is 6.04 Å². The van der Waals surface area contributed by atoms with Gasteiger partial charge in [-0.1, -0.05) is 19.9 Å². The molecule has 0 aromatic heterocycles. The van der Waals surface area contributed by atoms with Crippen LogP contribution in [-0.4, -0.2) is 19.3 Å². The smallest absolute Gasteiger partial charge is 0.126 e. The largest absolute Gasteiger partial charge is 0.493 e. The summed E-state index contributed by atoms with van der Waals surface area (Å²) in [6, 6.07) is 6.16. The first-order chi connectivity index (χ1) is 8.67. The Labute approximate surface area is 110 Å². The standard InChI is InChI=1S/C15H25NO2/c1-4-8-17-14-7-6-13(10-12(3)16)15(11-14)18-9-5-2/h6-7,11-12H,4-5,8-10,16H2,1-3H3. The monoisotopic (exact) mass is 251 g/mol. The number of ether oxygens (including phenoxy) is 2. The van der Waals surface area contributed by atoms with Gasteiger partial charge in [0.2, 0.25) is 0 Å². The third-order valence-electron chi connectivity index (χ3n) is 2.52.